The van der Waals surface area contributed by atoms with Crippen molar-refractivity contribution in [3.05, 3.63) is 42.1 Å². The predicted octanol–water partition coefficient (Wildman–Crippen LogP) is 2.84. The monoisotopic (exact) mass is 338 g/mol. The van der Waals surface area contributed by atoms with Crippen molar-refractivity contribution in [3.8, 4) is 0 Å². The van der Waals surface area contributed by atoms with Gasteiger partial charge in [0.2, 0.25) is 5.91 Å². The van der Waals surface area contributed by atoms with Crippen LogP contribution in [-0.4, -0.2) is 34.5 Å². The third kappa shape index (κ3) is 3.52. The van der Waals surface area contributed by atoms with Crippen molar-refractivity contribution in [1.82, 2.24) is 9.78 Å². The fourth-order valence-electron chi connectivity index (χ4n) is 2.79. The van der Waals surface area contributed by atoms with Crippen molar-refractivity contribution < 1.29 is 18.0 Å². The van der Waals surface area contributed by atoms with Crippen LogP contribution in [0, 0.1) is 0 Å². The molecule has 0 saturated carbocycles. The van der Waals surface area contributed by atoms with Gasteiger partial charge in [-0.05, 0) is 25.0 Å². The maximum atomic E-state index is 12.6. The topological polar surface area (TPSA) is 50.2 Å². The molecule has 0 bridgehead atoms. The Morgan fingerprint density at radius 2 is 2.08 bits per heavy atom. The zero-order valence-corrected chi connectivity index (χ0v) is 13.0. The fraction of sp³-hybridized carbons (Fsp3) is 0.375. The van der Waals surface area contributed by atoms with E-state index < -0.39 is 18.8 Å². The number of amides is 1. The van der Waals surface area contributed by atoms with Gasteiger partial charge in [-0.25, -0.2) is 0 Å². The molecule has 1 aliphatic heterocycles. The second-order valence-corrected chi connectivity index (χ2v) is 5.75. The number of fused-ring (bicyclic) bond motifs is 1. The molecule has 5 nitrogen and oxygen atoms in total. The third-order valence-electron chi connectivity index (χ3n) is 3.87. The summed E-state index contributed by atoms with van der Waals surface area (Å²) in [5, 5.41) is 6.67. The van der Waals surface area contributed by atoms with Crippen molar-refractivity contribution in [1.29, 1.82) is 0 Å². The van der Waals surface area contributed by atoms with Crippen LogP contribution >= 0.6 is 0 Å². The molecule has 128 valence electrons. The minimum Gasteiger partial charge on any atom is -0.357 e. The highest BCUT2D eigenvalue weighted by Crippen LogP contribution is 2.28. The van der Waals surface area contributed by atoms with E-state index >= 15 is 0 Å². The highest BCUT2D eigenvalue weighted by molar-refractivity contribution is 6.00. The Labute approximate surface area is 137 Å². The van der Waals surface area contributed by atoms with Gasteiger partial charge in [0.15, 0.2) is 0 Å². The second kappa shape index (κ2) is 6.18. The lowest BCUT2D eigenvalue weighted by atomic mass is 10.2. The molecule has 1 aromatic carbocycles. The van der Waals surface area contributed by atoms with E-state index in [1.165, 1.54) is 12.3 Å². The smallest absolute Gasteiger partial charge is 0.357 e. The summed E-state index contributed by atoms with van der Waals surface area (Å²) in [5.41, 5.74) is 2.01. The summed E-state index contributed by atoms with van der Waals surface area (Å²) in [6.07, 6.45) is -2.29. The van der Waals surface area contributed by atoms with Crippen LogP contribution in [0.15, 0.2) is 36.5 Å². The number of benzene rings is 1. The van der Waals surface area contributed by atoms with Gasteiger partial charge in [0, 0.05) is 24.5 Å². The highest BCUT2D eigenvalue weighted by Gasteiger charge is 2.29. The zero-order chi connectivity index (χ0) is 17.3. The Morgan fingerprint density at radius 3 is 2.83 bits per heavy atom. The third-order valence-corrected chi connectivity index (χ3v) is 3.87. The SMILES string of the molecule is CC(Nc1ccn(CC(F)(F)F)n1)C(=O)N1CCc2ccccc21. The summed E-state index contributed by atoms with van der Waals surface area (Å²) in [7, 11) is 0. The molecule has 1 aromatic heterocycles. The standard InChI is InChI=1S/C16H17F3N4O/c1-11(20-14-7-8-22(21-14)10-16(17,18)19)15(24)23-9-6-12-4-2-3-5-13(12)23/h2-5,7-8,11H,6,9-10H2,1H3,(H,20,21). The van der Waals surface area contributed by atoms with Crippen molar-refractivity contribution in [2.45, 2.75) is 32.1 Å². The van der Waals surface area contributed by atoms with E-state index in [0.29, 0.717) is 6.54 Å². The lowest BCUT2D eigenvalue weighted by Gasteiger charge is -2.22. The van der Waals surface area contributed by atoms with Gasteiger partial charge in [-0.1, -0.05) is 18.2 Å². The van der Waals surface area contributed by atoms with Gasteiger partial charge in [-0.3, -0.25) is 9.48 Å². The highest BCUT2D eigenvalue weighted by atomic mass is 19.4. The number of anilines is 2. The Kier molecular flexibility index (Phi) is 4.21. The molecule has 2 aromatic rings. The average Bonchev–Trinajstić information content (AvgIpc) is 3.11. The lowest BCUT2D eigenvalue weighted by Crippen LogP contribution is -2.40. The van der Waals surface area contributed by atoms with Crippen LogP contribution in [0.1, 0.15) is 12.5 Å². The average molecular weight is 338 g/mol. The van der Waals surface area contributed by atoms with Gasteiger partial charge in [0.25, 0.3) is 0 Å². The molecule has 1 aliphatic rings. The van der Waals surface area contributed by atoms with Crippen molar-refractivity contribution >= 4 is 17.4 Å². The van der Waals surface area contributed by atoms with Crippen molar-refractivity contribution in [3.63, 3.8) is 0 Å². The van der Waals surface area contributed by atoms with Crippen LogP contribution in [-0.2, 0) is 17.8 Å². The van der Waals surface area contributed by atoms with Crippen LogP contribution in [0.5, 0.6) is 0 Å². The molecule has 0 radical (unpaired) electrons. The number of hydrogen-bond acceptors (Lipinski definition) is 3. The largest absolute Gasteiger partial charge is 0.408 e. The zero-order valence-electron chi connectivity index (χ0n) is 13.0. The number of carbonyl (C=O) groups excluding carboxylic acids is 1. The van der Waals surface area contributed by atoms with Gasteiger partial charge in [0.05, 0.1) is 0 Å². The summed E-state index contributed by atoms with van der Waals surface area (Å²) in [6, 6.07) is 8.52. The first-order chi connectivity index (χ1) is 11.3. The molecule has 1 N–H and O–H groups in total. The van der Waals surface area contributed by atoms with Gasteiger partial charge >= 0.3 is 6.18 Å². The Balaban J connectivity index is 1.65. The molecule has 0 spiro atoms. The number of para-hydroxylation sites is 1. The number of nitrogens with zero attached hydrogens (tertiary/aromatic N) is 3. The normalized spacial score (nSPS) is 15.2. The van der Waals surface area contributed by atoms with E-state index in [-0.39, 0.29) is 11.7 Å². The number of aromatic nitrogens is 2. The van der Waals surface area contributed by atoms with E-state index in [1.54, 1.807) is 11.8 Å². The van der Waals surface area contributed by atoms with Crippen LogP contribution in [0.25, 0.3) is 0 Å². The number of hydrogen-bond donors (Lipinski definition) is 1. The van der Waals surface area contributed by atoms with Crippen LogP contribution in [0.4, 0.5) is 24.7 Å². The molecule has 2 heterocycles. The number of nitrogens with one attached hydrogen (secondary N) is 1. The summed E-state index contributed by atoms with van der Waals surface area (Å²) >= 11 is 0. The number of carbonyl (C=O) groups is 1. The minimum atomic E-state index is -4.33. The number of halogens is 3. The van der Waals surface area contributed by atoms with Crippen LogP contribution in [0.2, 0.25) is 0 Å². The first-order valence-corrected chi connectivity index (χ1v) is 7.59. The van der Waals surface area contributed by atoms with Crippen molar-refractivity contribution in [2.24, 2.45) is 0 Å². The molecule has 24 heavy (non-hydrogen) atoms. The summed E-state index contributed by atoms with van der Waals surface area (Å²) in [5.74, 6) is 0.109. The quantitative estimate of drug-likeness (QED) is 0.933. The molecule has 3 rings (SSSR count). The Hall–Kier alpha value is -2.51. The van der Waals surface area contributed by atoms with Gasteiger partial charge < -0.3 is 10.2 Å². The summed E-state index contributed by atoms with van der Waals surface area (Å²) in [4.78, 5) is 14.3. The van der Waals surface area contributed by atoms with Gasteiger partial charge in [-0.15, -0.1) is 0 Å². The second-order valence-electron chi connectivity index (χ2n) is 5.75. The van der Waals surface area contributed by atoms with E-state index in [9.17, 15) is 18.0 Å². The molecule has 1 amide bonds. The molecule has 1 unspecified atom stereocenters. The number of alkyl halides is 3. The molecule has 0 aliphatic carbocycles. The van der Waals surface area contributed by atoms with E-state index in [0.717, 1.165) is 22.4 Å². The van der Waals surface area contributed by atoms with E-state index in [1.807, 2.05) is 24.3 Å². The summed E-state index contributed by atoms with van der Waals surface area (Å²) in [6.45, 7) is 1.12. The van der Waals surface area contributed by atoms with Gasteiger partial charge in [0.1, 0.15) is 18.4 Å². The molecule has 0 saturated heterocycles. The van der Waals surface area contributed by atoms with Gasteiger partial charge in [-0.2, -0.15) is 18.3 Å². The van der Waals surface area contributed by atoms with E-state index in [4.69, 9.17) is 0 Å². The number of rotatable bonds is 4. The molecule has 0 fully saturated rings. The van der Waals surface area contributed by atoms with Crippen molar-refractivity contribution in [2.75, 3.05) is 16.8 Å². The first kappa shape index (κ1) is 16.4. The minimum absolute atomic E-state index is 0.134. The molecule has 8 heteroatoms. The van der Waals surface area contributed by atoms with Crippen LogP contribution < -0.4 is 10.2 Å². The maximum absolute atomic E-state index is 12.6. The lowest BCUT2D eigenvalue weighted by molar-refractivity contribution is -0.142. The van der Waals surface area contributed by atoms with E-state index in [2.05, 4.69) is 10.4 Å². The first-order valence-electron chi connectivity index (χ1n) is 7.59. The maximum Gasteiger partial charge on any atom is 0.408 e. The van der Waals surface area contributed by atoms with Crippen LogP contribution in [0.3, 0.4) is 0 Å². The predicted molar refractivity (Wildman–Crippen MR) is 83.9 cm³/mol. The fourth-order valence-corrected chi connectivity index (χ4v) is 2.79. The molecular formula is C16H17F3N4O. The summed E-state index contributed by atoms with van der Waals surface area (Å²) < 4.78 is 37.8. The Morgan fingerprint density at radius 1 is 1.33 bits per heavy atom. The molecule has 1 atom stereocenters. The Bertz CT molecular complexity index is 741. The molecular weight excluding hydrogens is 321 g/mol.